The zero-order valence-corrected chi connectivity index (χ0v) is 17.1. The van der Waals surface area contributed by atoms with Gasteiger partial charge < -0.3 is 14.5 Å². The van der Waals surface area contributed by atoms with E-state index in [0.717, 1.165) is 5.76 Å². The molecule has 1 N–H and O–H groups in total. The van der Waals surface area contributed by atoms with E-state index in [1.54, 1.807) is 36.6 Å². The van der Waals surface area contributed by atoms with E-state index in [9.17, 15) is 14.9 Å². The number of nitro groups is 1. The van der Waals surface area contributed by atoms with Crippen molar-refractivity contribution < 1.29 is 18.9 Å². The van der Waals surface area contributed by atoms with Crippen molar-refractivity contribution in [2.24, 2.45) is 0 Å². The Morgan fingerprint density at radius 3 is 2.57 bits per heavy atom. The Balaban J connectivity index is 1.65. The van der Waals surface area contributed by atoms with Gasteiger partial charge >= 0.3 is 5.69 Å². The Morgan fingerprint density at radius 1 is 1.23 bits per heavy atom. The second-order valence-electron chi connectivity index (χ2n) is 6.70. The van der Waals surface area contributed by atoms with Crippen molar-refractivity contribution in [2.45, 2.75) is 6.04 Å². The number of nitrogens with one attached hydrogen (secondary N) is 1. The quantitative estimate of drug-likeness (QED) is 0.413. The predicted octanol–water partition coefficient (Wildman–Crippen LogP) is 4.67. The molecule has 0 bridgehead atoms. The number of carbonyl (C=O) groups is 1. The van der Waals surface area contributed by atoms with Gasteiger partial charge in [0.15, 0.2) is 0 Å². The lowest BCUT2D eigenvalue weighted by molar-refractivity contribution is -0.385. The molecule has 2 aromatic carbocycles. The van der Waals surface area contributed by atoms with Gasteiger partial charge in [-0.1, -0.05) is 11.6 Å². The van der Waals surface area contributed by atoms with Crippen LogP contribution in [0.5, 0.6) is 11.5 Å². The van der Waals surface area contributed by atoms with Crippen LogP contribution in [0.15, 0.2) is 65.3 Å². The Kier molecular flexibility index (Phi) is 6.71. The van der Waals surface area contributed by atoms with Gasteiger partial charge in [0.2, 0.25) is 5.75 Å². The maximum atomic E-state index is 12.5. The lowest BCUT2D eigenvalue weighted by Gasteiger charge is -2.22. The number of nitro benzene ring substituents is 1. The molecule has 30 heavy (non-hydrogen) atoms. The number of hydrogen-bond acceptors (Lipinski definition) is 6. The minimum atomic E-state index is -0.566. The smallest absolute Gasteiger partial charge is 0.313 e. The third kappa shape index (κ3) is 5.16. The number of hydrogen-bond donors (Lipinski definition) is 1. The molecule has 3 rings (SSSR count). The summed E-state index contributed by atoms with van der Waals surface area (Å²) < 4.78 is 11.0. The van der Waals surface area contributed by atoms with Crippen LogP contribution in [-0.4, -0.2) is 36.4 Å². The van der Waals surface area contributed by atoms with Crippen molar-refractivity contribution in [3.05, 3.63) is 87.3 Å². The normalized spacial score (nSPS) is 11.9. The van der Waals surface area contributed by atoms with Crippen LogP contribution in [0.2, 0.25) is 5.02 Å². The van der Waals surface area contributed by atoms with Gasteiger partial charge in [-0.15, -0.1) is 0 Å². The standard InChI is InChI=1S/C21H20ClN3O5/c1-24(2)18(19-4-3-11-29-19)13-23-21(26)14-5-8-16(9-6-14)30-20-10-7-15(22)12-17(20)25(27)28/h3-12,18H,13H2,1-2H3,(H,23,26). The minimum Gasteiger partial charge on any atom is -0.468 e. The first-order valence-corrected chi connectivity index (χ1v) is 9.43. The second-order valence-corrected chi connectivity index (χ2v) is 7.14. The Labute approximate surface area is 178 Å². The van der Waals surface area contributed by atoms with Gasteiger partial charge in [0.05, 0.1) is 17.2 Å². The van der Waals surface area contributed by atoms with Crippen molar-refractivity contribution in [3.8, 4) is 11.5 Å². The molecule has 1 atom stereocenters. The highest BCUT2D eigenvalue weighted by molar-refractivity contribution is 6.30. The first-order chi connectivity index (χ1) is 14.3. The molecule has 1 unspecified atom stereocenters. The molecule has 9 heteroatoms. The lowest BCUT2D eigenvalue weighted by atomic mass is 10.1. The van der Waals surface area contributed by atoms with Crippen LogP contribution in [0.4, 0.5) is 5.69 Å². The summed E-state index contributed by atoms with van der Waals surface area (Å²) in [5, 5.41) is 14.3. The average molecular weight is 430 g/mol. The molecule has 0 aliphatic carbocycles. The monoisotopic (exact) mass is 429 g/mol. The van der Waals surface area contributed by atoms with Gasteiger partial charge in [0, 0.05) is 23.2 Å². The SMILES string of the molecule is CN(C)C(CNC(=O)c1ccc(Oc2ccc(Cl)cc2[N+](=O)[O-])cc1)c1ccco1. The third-order valence-corrected chi connectivity index (χ3v) is 4.65. The van der Waals surface area contributed by atoms with Crippen molar-refractivity contribution in [3.63, 3.8) is 0 Å². The van der Waals surface area contributed by atoms with Gasteiger partial charge in [-0.3, -0.25) is 19.8 Å². The van der Waals surface area contributed by atoms with E-state index in [4.69, 9.17) is 20.8 Å². The first-order valence-electron chi connectivity index (χ1n) is 9.05. The first kappa shape index (κ1) is 21.4. The molecule has 0 spiro atoms. The second kappa shape index (κ2) is 9.43. The average Bonchev–Trinajstić information content (AvgIpc) is 3.24. The molecule has 0 saturated carbocycles. The topological polar surface area (TPSA) is 97.9 Å². The number of nitrogens with zero attached hydrogens (tertiary/aromatic N) is 2. The highest BCUT2D eigenvalue weighted by Gasteiger charge is 2.19. The molecule has 8 nitrogen and oxygen atoms in total. The summed E-state index contributed by atoms with van der Waals surface area (Å²) in [7, 11) is 3.81. The Hall–Kier alpha value is -3.36. The zero-order chi connectivity index (χ0) is 21.7. The van der Waals surface area contributed by atoms with Crippen LogP contribution in [0.25, 0.3) is 0 Å². The lowest BCUT2D eigenvalue weighted by Crippen LogP contribution is -2.34. The molecule has 0 radical (unpaired) electrons. The summed E-state index contributed by atoms with van der Waals surface area (Å²) in [6.45, 7) is 0.370. The predicted molar refractivity (Wildman–Crippen MR) is 112 cm³/mol. The summed E-state index contributed by atoms with van der Waals surface area (Å²) in [4.78, 5) is 25.0. The van der Waals surface area contributed by atoms with Crippen molar-refractivity contribution in [1.29, 1.82) is 0 Å². The van der Waals surface area contributed by atoms with Gasteiger partial charge in [-0.2, -0.15) is 0 Å². The summed E-state index contributed by atoms with van der Waals surface area (Å²) in [5.41, 5.74) is 0.196. The maximum absolute atomic E-state index is 12.5. The maximum Gasteiger partial charge on any atom is 0.313 e. The fourth-order valence-electron chi connectivity index (χ4n) is 2.83. The van der Waals surface area contributed by atoms with Crippen LogP contribution >= 0.6 is 11.6 Å². The zero-order valence-electron chi connectivity index (χ0n) is 16.4. The number of ether oxygens (including phenoxy) is 1. The van der Waals surface area contributed by atoms with Gasteiger partial charge in [-0.05, 0) is 62.6 Å². The van der Waals surface area contributed by atoms with E-state index in [0.29, 0.717) is 17.9 Å². The number of amides is 1. The molecular weight excluding hydrogens is 410 g/mol. The summed E-state index contributed by atoms with van der Waals surface area (Å²) in [6.07, 6.45) is 1.59. The largest absolute Gasteiger partial charge is 0.468 e. The molecular formula is C21H20ClN3O5. The van der Waals surface area contributed by atoms with E-state index in [2.05, 4.69) is 5.32 Å². The summed E-state index contributed by atoms with van der Waals surface area (Å²) >= 11 is 5.81. The highest BCUT2D eigenvalue weighted by atomic mass is 35.5. The number of carbonyl (C=O) groups excluding carboxylic acids is 1. The molecule has 1 amide bonds. The third-order valence-electron chi connectivity index (χ3n) is 4.41. The Morgan fingerprint density at radius 2 is 1.97 bits per heavy atom. The van der Waals surface area contributed by atoms with E-state index in [1.165, 1.54) is 18.2 Å². The summed E-state index contributed by atoms with van der Waals surface area (Å²) in [5.74, 6) is 0.929. The van der Waals surface area contributed by atoms with Gasteiger partial charge in [-0.25, -0.2) is 0 Å². The van der Waals surface area contributed by atoms with Crippen LogP contribution in [-0.2, 0) is 0 Å². The van der Waals surface area contributed by atoms with Crippen LogP contribution in [0.1, 0.15) is 22.2 Å². The van der Waals surface area contributed by atoms with Crippen LogP contribution < -0.4 is 10.1 Å². The number of benzene rings is 2. The summed E-state index contributed by atoms with van der Waals surface area (Å²) in [6, 6.07) is 14.0. The molecule has 0 aliphatic rings. The molecule has 156 valence electrons. The van der Waals surface area contributed by atoms with E-state index in [1.807, 2.05) is 25.1 Å². The number of halogens is 1. The van der Waals surface area contributed by atoms with Crippen LogP contribution in [0.3, 0.4) is 0 Å². The van der Waals surface area contributed by atoms with E-state index >= 15 is 0 Å². The molecule has 1 heterocycles. The Bertz CT molecular complexity index is 1020. The van der Waals surface area contributed by atoms with Crippen molar-refractivity contribution in [2.75, 3.05) is 20.6 Å². The molecule has 0 saturated heterocycles. The molecule has 1 aromatic heterocycles. The molecule has 3 aromatic rings. The highest BCUT2D eigenvalue weighted by Crippen LogP contribution is 2.33. The van der Waals surface area contributed by atoms with Gasteiger partial charge in [0.1, 0.15) is 11.5 Å². The van der Waals surface area contributed by atoms with E-state index < -0.39 is 4.92 Å². The minimum absolute atomic E-state index is 0.0638. The van der Waals surface area contributed by atoms with Crippen molar-refractivity contribution in [1.82, 2.24) is 10.2 Å². The molecule has 0 fully saturated rings. The fourth-order valence-corrected chi connectivity index (χ4v) is 3.00. The van der Waals surface area contributed by atoms with Crippen LogP contribution in [0, 0.1) is 10.1 Å². The number of furan rings is 1. The van der Waals surface area contributed by atoms with E-state index in [-0.39, 0.29) is 28.4 Å². The number of likely N-dealkylation sites (N-methyl/N-ethyl adjacent to an activating group) is 1. The van der Waals surface area contributed by atoms with Gasteiger partial charge in [0.25, 0.3) is 5.91 Å². The van der Waals surface area contributed by atoms with Crippen molar-refractivity contribution >= 4 is 23.2 Å². The number of rotatable bonds is 8. The molecule has 0 aliphatic heterocycles. The fraction of sp³-hybridized carbons (Fsp3) is 0.190.